The number of ether oxygens (including phenoxy) is 1. The van der Waals surface area contributed by atoms with E-state index in [4.69, 9.17) is 9.73 Å². The maximum atomic E-state index is 13.3. The van der Waals surface area contributed by atoms with Gasteiger partial charge in [0, 0.05) is 10.0 Å². The number of hydrogen-bond acceptors (Lipinski definition) is 3. The molecule has 1 heterocycles. The Labute approximate surface area is 178 Å². The fraction of sp³-hybridized carbons (Fsp3) is 0.0833. The van der Waals surface area contributed by atoms with E-state index in [1.54, 1.807) is 18.1 Å². The van der Waals surface area contributed by atoms with E-state index in [2.05, 4.69) is 15.9 Å². The number of nitrogens with zero attached hydrogens (tertiary/aromatic N) is 2. The lowest BCUT2D eigenvalue weighted by molar-refractivity contribution is -0.113. The van der Waals surface area contributed by atoms with E-state index in [0.717, 1.165) is 32.6 Å². The smallest absolute Gasteiger partial charge is 0.282 e. The summed E-state index contributed by atoms with van der Waals surface area (Å²) < 4.78 is 6.24. The number of aliphatic imine (C=N–C) groups is 1. The zero-order valence-electron chi connectivity index (χ0n) is 16.1. The number of carbonyl (C=O) groups excluding carboxylic acids is 1. The number of aryl methyl sites for hydroxylation is 1. The first-order valence-corrected chi connectivity index (χ1v) is 9.96. The molecule has 0 aliphatic carbocycles. The highest BCUT2D eigenvalue weighted by atomic mass is 79.9. The van der Waals surface area contributed by atoms with Crippen molar-refractivity contribution in [3.05, 3.63) is 99.7 Å². The van der Waals surface area contributed by atoms with Crippen LogP contribution in [-0.4, -0.2) is 18.9 Å². The van der Waals surface area contributed by atoms with E-state index in [9.17, 15) is 4.79 Å². The minimum absolute atomic E-state index is 0.161. The molecule has 3 aromatic carbocycles. The van der Waals surface area contributed by atoms with Crippen LogP contribution in [0.25, 0.3) is 6.08 Å². The second kappa shape index (κ2) is 8.05. The van der Waals surface area contributed by atoms with Gasteiger partial charge in [-0.2, -0.15) is 0 Å². The second-order valence-electron chi connectivity index (χ2n) is 6.73. The normalized spacial score (nSPS) is 15.0. The molecule has 0 spiro atoms. The highest BCUT2D eigenvalue weighted by molar-refractivity contribution is 9.10. The summed E-state index contributed by atoms with van der Waals surface area (Å²) in [6.07, 6.45) is 1.79. The molecule has 1 aliphatic rings. The third kappa shape index (κ3) is 4.00. The Balaban J connectivity index is 1.82. The monoisotopic (exact) mass is 446 g/mol. The van der Waals surface area contributed by atoms with Crippen LogP contribution in [0.15, 0.2) is 88.0 Å². The van der Waals surface area contributed by atoms with Crippen molar-refractivity contribution in [1.29, 1.82) is 0 Å². The van der Waals surface area contributed by atoms with Crippen molar-refractivity contribution in [2.24, 2.45) is 4.99 Å². The highest BCUT2D eigenvalue weighted by Crippen LogP contribution is 2.29. The molecular weight excluding hydrogens is 428 g/mol. The number of amidine groups is 1. The summed E-state index contributed by atoms with van der Waals surface area (Å²) in [7, 11) is 1.62. The maximum Gasteiger partial charge on any atom is 0.282 e. The Morgan fingerprint density at radius 3 is 2.48 bits per heavy atom. The van der Waals surface area contributed by atoms with Crippen molar-refractivity contribution in [2.75, 3.05) is 12.0 Å². The number of methoxy groups -OCH3 is 1. The minimum atomic E-state index is -0.161. The summed E-state index contributed by atoms with van der Waals surface area (Å²) >= 11 is 3.45. The fourth-order valence-electron chi connectivity index (χ4n) is 3.21. The number of benzene rings is 3. The largest absolute Gasteiger partial charge is 0.497 e. The zero-order valence-corrected chi connectivity index (χ0v) is 17.7. The second-order valence-corrected chi connectivity index (χ2v) is 7.64. The summed E-state index contributed by atoms with van der Waals surface area (Å²) in [5.41, 5.74) is 4.02. The Hall–Kier alpha value is -3.18. The SMILES string of the molecule is COc1cccc(/C=C2/N=C(c3cccc(C)c3)N(c3ccc(Br)cc3)C2=O)c1. The fourth-order valence-corrected chi connectivity index (χ4v) is 3.48. The summed E-state index contributed by atoms with van der Waals surface area (Å²) in [4.78, 5) is 19.7. The van der Waals surface area contributed by atoms with Gasteiger partial charge >= 0.3 is 0 Å². The van der Waals surface area contributed by atoms with Gasteiger partial charge < -0.3 is 4.74 Å². The first kappa shape index (κ1) is 19.2. The van der Waals surface area contributed by atoms with Gasteiger partial charge in [0.15, 0.2) is 0 Å². The molecule has 0 bridgehead atoms. The summed E-state index contributed by atoms with van der Waals surface area (Å²) in [6, 6.07) is 23.2. The van der Waals surface area contributed by atoms with Gasteiger partial charge in [-0.05, 0) is 61.0 Å². The van der Waals surface area contributed by atoms with Crippen molar-refractivity contribution < 1.29 is 9.53 Å². The van der Waals surface area contributed by atoms with Crippen LogP contribution in [0.3, 0.4) is 0 Å². The highest BCUT2D eigenvalue weighted by Gasteiger charge is 2.32. The maximum absolute atomic E-state index is 13.3. The van der Waals surface area contributed by atoms with Crippen LogP contribution in [0, 0.1) is 6.92 Å². The van der Waals surface area contributed by atoms with Gasteiger partial charge in [-0.25, -0.2) is 4.99 Å². The number of hydrogen-bond donors (Lipinski definition) is 0. The van der Waals surface area contributed by atoms with Crippen molar-refractivity contribution in [1.82, 2.24) is 0 Å². The molecule has 1 amide bonds. The Morgan fingerprint density at radius 2 is 1.76 bits per heavy atom. The van der Waals surface area contributed by atoms with Crippen LogP contribution < -0.4 is 9.64 Å². The van der Waals surface area contributed by atoms with Gasteiger partial charge in [0.25, 0.3) is 5.91 Å². The minimum Gasteiger partial charge on any atom is -0.497 e. The van der Waals surface area contributed by atoms with E-state index in [-0.39, 0.29) is 5.91 Å². The van der Waals surface area contributed by atoms with Gasteiger partial charge in [-0.15, -0.1) is 0 Å². The molecule has 0 unspecified atom stereocenters. The molecule has 0 N–H and O–H groups in total. The zero-order chi connectivity index (χ0) is 20.4. The Bertz CT molecular complexity index is 1130. The van der Waals surface area contributed by atoms with Gasteiger partial charge in [0.2, 0.25) is 0 Å². The van der Waals surface area contributed by atoms with Crippen LogP contribution in [0.4, 0.5) is 5.69 Å². The van der Waals surface area contributed by atoms with E-state index in [0.29, 0.717) is 11.5 Å². The standard InChI is InChI=1S/C24H19BrN2O2/c1-16-5-3-7-18(13-16)23-26-22(15-17-6-4-8-21(14-17)29-2)24(28)27(23)20-11-9-19(25)10-12-20/h3-15H,1-2H3/b22-15+. The van der Waals surface area contributed by atoms with Crippen molar-refractivity contribution in [3.63, 3.8) is 0 Å². The van der Waals surface area contributed by atoms with Crippen molar-refractivity contribution in [3.8, 4) is 5.75 Å². The molecular formula is C24H19BrN2O2. The molecule has 144 valence electrons. The molecule has 0 radical (unpaired) electrons. The van der Waals surface area contributed by atoms with Crippen LogP contribution in [0.2, 0.25) is 0 Å². The molecule has 5 heteroatoms. The first-order chi connectivity index (χ1) is 14.0. The Morgan fingerprint density at radius 1 is 1.00 bits per heavy atom. The molecule has 0 atom stereocenters. The molecule has 0 aromatic heterocycles. The topological polar surface area (TPSA) is 41.9 Å². The van der Waals surface area contributed by atoms with Gasteiger partial charge in [-0.3, -0.25) is 9.69 Å². The van der Waals surface area contributed by atoms with E-state index in [1.807, 2.05) is 79.7 Å². The van der Waals surface area contributed by atoms with Gasteiger partial charge in [0.1, 0.15) is 17.3 Å². The number of carbonyl (C=O) groups is 1. The molecule has 4 nitrogen and oxygen atoms in total. The van der Waals surface area contributed by atoms with E-state index < -0.39 is 0 Å². The number of amides is 1. The lowest BCUT2D eigenvalue weighted by Gasteiger charge is -2.19. The third-order valence-corrected chi connectivity index (χ3v) is 5.15. The number of anilines is 1. The first-order valence-electron chi connectivity index (χ1n) is 9.16. The average molecular weight is 447 g/mol. The molecule has 0 saturated carbocycles. The molecule has 3 aromatic rings. The van der Waals surface area contributed by atoms with Crippen LogP contribution >= 0.6 is 15.9 Å². The van der Waals surface area contributed by atoms with Crippen molar-refractivity contribution >= 4 is 39.4 Å². The summed E-state index contributed by atoms with van der Waals surface area (Å²) in [6.45, 7) is 2.03. The van der Waals surface area contributed by atoms with Gasteiger partial charge in [0.05, 0.1) is 12.8 Å². The molecule has 29 heavy (non-hydrogen) atoms. The molecule has 0 saturated heterocycles. The molecule has 4 rings (SSSR count). The quantitative estimate of drug-likeness (QED) is 0.489. The molecule has 0 fully saturated rings. The summed E-state index contributed by atoms with van der Waals surface area (Å²) in [5, 5.41) is 0. The van der Waals surface area contributed by atoms with Crippen LogP contribution in [-0.2, 0) is 4.79 Å². The number of rotatable bonds is 4. The van der Waals surface area contributed by atoms with Crippen LogP contribution in [0.5, 0.6) is 5.75 Å². The third-order valence-electron chi connectivity index (χ3n) is 4.62. The number of halogens is 1. The van der Waals surface area contributed by atoms with Gasteiger partial charge in [-0.1, -0.05) is 51.8 Å². The van der Waals surface area contributed by atoms with E-state index >= 15 is 0 Å². The predicted octanol–water partition coefficient (Wildman–Crippen LogP) is 5.60. The predicted molar refractivity (Wildman–Crippen MR) is 120 cm³/mol. The van der Waals surface area contributed by atoms with Crippen LogP contribution in [0.1, 0.15) is 16.7 Å². The van der Waals surface area contributed by atoms with E-state index in [1.165, 1.54) is 0 Å². The Kier molecular flexibility index (Phi) is 5.32. The summed E-state index contributed by atoms with van der Waals surface area (Å²) in [5.74, 6) is 1.19. The lowest BCUT2D eigenvalue weighted by atomic mass is 10.1. The van der Waals surface area contributed by atoms with Crippen molar-refractivity contribution in [2.45, 2.75) is 6.92 Å². The lowest BCUT2D eigenvalue weighted by Crippen LogP contribution is -2.32. The molecule has 1 aliphatic heterocycles. The average Bonchev–Trinajstić information content (AvgIpc) is 3.05.